The average Bonchev–Trinajstić information content (AvgIpc) is 2.46. The maximum Gasteiger partial charge on any atom is 0.266 e. The first kappa shape index (κ1) is 15.6. The Kier molecular flexibility index (Phi) is 5.04. The Morgan fingerprint density at radius 1 is 1.29 bits per heavy atom. The van der Waals surface area contributed by atoms with E-state index in [0.29, 0.717) is 16.6 Å². The van der Waals surface area contributed by atoms with Crippen molar-refractivity contribution in [2.75, 3.05) is 5.32 Å². The van der Waals surface area contributed by atoms with E-state index >= 15 is 0 Å². The van der Waals surface area contributed by atoms with Crippen molar-refractivity contribution in [2.45, 2.75) is 20.0 Å². The minimum atomic E-state index is -0.732. The molecule has 0 aliphatic rings. The number of nitrogens with zero attached hydrogens (tertiary/aromatic N) is 1. The van der Waals surface area contributed by atoms with Crippen LogP contribution in [0.1, 0.15) is 12.5 Å². The van der Waals surface area contributed by atoms with E-state index in [1.807, 2.05) is 13.0 Å². The van der Waals surface area contributed by atoms with Gasteiger partial charge in [-0.2, -0.15) is 0 Å². The molecule has 1 amide bonds. The smallest absolute Gasteiger partial charge is 0.266 e. The van der Waals surface area contributed by atoms with Gasteiger partial charge in [0.25, 0.3) is 5.91 Å². The number of hydrogen-bond donors (Lipinski definition) is 1. The highest BCUT2D eigenvalue weighted by atomic mass is 35.5. The van der Waals surface area contributed by atoms with E-state index in [-0.39, 0.29) is 10.9 Å². The van der Waals surface area contributed by atoms with Gasteiger partial charge in [-0.3, -0.25) is 4.79 Å². The zero-order valence-corrected chi connectivity index (χ0v) is 13.1. The summed E-state index contributed by atoms with van der Waals surface area (Å²) in [4.78, 5) is 16.2. The van der Waals surface area contributed by atoms with Crippen LogP contribution in [0.5, 0.6) is 5.75 Å². The third-order valence-corrected chi connectivity index (χ3v) is 3.55. The van der Waals surface area contributed by atoms with Gasteiger partial charge in [0.05, 0.1) is 5.02 Å². The van der Waals surface area contributed by atoms with E-state index in [2.05, 4.69) is 10.3 Å². The second-order valence-corrected chi connectivity index (χ2v) is 5.31. The lowest BCUT2D eigenvalue weighted by molar-refractivity contribution is -0.122. The van der Waals surface area contributed by atoms with Gasteiger partial charge in [-0.1, -0.05) is 35.3 Å². The quantitative estimate of drug-likeness (QED) is 0.921. The molecule has 0 fully saturated rings. The molecule has 0 spiro atoms. The first-order valence-corrected chi connectivity index (χ1v) is 7.07. The molecule has 110 valence electrons. The summed E-state index contributed by atoms with van der Waals surface area (Å²) in [5.41, 5.74) is 1.02. The van der Waals surface area contributed by atoms with Crippen molar-refractivity contribution in [1.29, 1.82) is 0 Å². The fourth-order valence-electron chi connectivity index (χ4n) is 1.59. The van der Waals surface area contributed by atoms with Crippen LogP contribution in [0.2, 0.25) is 10.0 Å². The lowest BCUT2D eigenvalue weighted by atomic mass is 10.3. The van der Waals surface area contributed by atoms with Gasteiger partial charge in [0, 0.05) is 6.20 Å². The Hall–Kier alpha value is -1.78. The number of aromatic nitrogens is 1. The molecule has 0 aliphatic carbocycles. The van der Waals surface area contributed by atoms with E-state index in [1.165, 1.54) is 0 Å². The number of carbonyl (C=O) groups is 1. The molecule has 6 heteroatoms. The molecule has 1 aromatic carbocycles. The molecule has 0 aliphatic heterocycles. The highest BCUT2D eigenvalue weighted by molar-refractivity contribution is 6.42. The molecule has 0 unspecified atom stereocenters. The zero-order chi connectivity index (χ0) is 15.4. The standard InChI is InChI=1S/C15H14Cl2N2O2/c1-9-6-7-13(18-8-9)19-15(20)10(2)21-12-5-3-4-11(16)14(12)17/h3-8,10H,1-2H3,(H,18,19,20)/t10-/m1/s1. The van der Waals surface area contributed by atoms with Gasteiger partial charge in [-0.15, -0.1) is 0 Å². The maximum atomic E-state index is 12.0. The van der Waals surface area contributed by atoms with Crippen LogP contribution in [0.25, 0.3) is 0 Å². The number of benzene rings is 1. The Morgan fingerprint density at radius 3 is 2.71 bits per heavy atom. The van der Waals surface area contributed by atoms with Gasteiger partial charge in [-0.05, 0) is 37.6 Å². The number of rotatable bonds is 4. The van der Waals surface area contributed by atoms with Crippen molar-refractivity contribution >= 4 is 34.9 Å². The van der Waals surface area contributed by atoms with Gasteiger partial charge in [0.1, 0.15) is 16.6 Å². The van der Waals surface area contributed by atoms with Crippen molar-refractivity contribution in [3.63, 3.8) is 0 Å². The van der Waals surface area contributed by atoms with Crippen LogP contribution in [0.3, 0.4) is 0 Å². The number of amides is 1. The van der Waals surface area contributed by atoms with Gasteiger partial charge < -0.3 is 10.1 Å². The number of pyridine rings is 1. The first-order chi connectivity index (χ1) is 9.97. The molecule has 1 atom stereocenters. The number of hydrogen-bond acceptors (Lipinski definition) is 3. The zero-order valence-electron chi connectivity index (χ0n) is 11.6. The van der Waals surface area contributed by atoms with E-state index in [9.17, 15) is 4.79 Å². The number of nitrogens with one attached hydrogen (secondary N) is 1. The Balaban J connectivity index is 2.02. The Labute approximate surface area is 133 Å². The number of ether oxygens (including phenoxy) is 1. The summed E-state index contributed by atoms with van der Waals surface area (Å²) >= 11 is 11.9. The highest BCUT2D eigenvalue weighted by Gasteiger charge is 2.17. The van der Waals surface area contributed by atoms with Gasteiger partial charge in [-0.25, -0.2) is 4.98 Å². The van der Waals surface area contributed by atoms with Gasteiger partial charge in [0.15, 0.2) is 6.10 Å². The van der Waals surface area contributed by atoms with E-state index in [1.54, 1.807) is 37.4 Å². The lowest BCUT2D eigenvalue weighted by Gasteiger charge is -2.15. The predicted octanol–water partition coefficient (Wildman–Crippen LogP) is 4.10. The molecular weight excluding hydrogens is 311 g/mol. The summed E-state index contributed by atoms with van der Waals surface area (Å²) < 4.78 is 5.53. The number of carbonyl (C=O) groups excluding carboxylic acids is 1. The SMILES string of the molecule is Cc1ccc(NC(=O)[C@@H](C)Oc2cccc(Cl)c2Cl)nc1. The van der Waals surface area contributed by atoms with Crippen molar-refractivity contribution in [3.8, 4) is 5.75 Å². The van der Waals surface area contributed by atoms with Gasteiger partial charge in [0.2, 0.25) is 0 Å². The van der Waals surface area contributed by atoms with Crippen molar-refractivity contribution in [1.82, 2.24) is 4.98 Å². The van der Waals surface area contributed by atoms with Crippen LogP contribution in [-0.4, -0.2) is 17.0 Å². The van der Waals surface area contributed by atoms with Crippen molar-refractivity contribution < 1.29 is 9.53 Å². The van der Waals surface area contributed by atoms with Crippen LogP contribution in [0.15, 0.2) is 36.5 Å². The van der Waals surface area contributed by atoms with Crippen LogP contribution < -0.4 is 10.1 Å². The fraction of sp³-hybridized carbons (Fsp3) is 0.200. The summed E-state index contributed by atoms with van der Waals surface area (Å²) in [5.74, 6) is 0.518. The highest BCUT2D eigenvalue weighted by Crippen LogP contribution is 2.32. The first-order valence-electron chi connectivity index (χ1n) is 6.31. The normalized spacial score (nSPS) is 11.8. The summed E-state index contributed by atoms with van der Waals surface area (Å²) in [6, 6.07) is 8.60. The van der Waals surface area contributed by atoms with Crippen LogP contribution in [0, 0.1) is 6.92 Å². The van der Waals surface area contributed by atoms with E-state index in [4.69, 9.17) is 27.9 Å². The second kappa shape index (κ2) is 6.78. The monoisotopic (exact) mass is 324 g/mol. The second-order valence-electron chi connectivity index (χ2n) is 4.52. The summed E-state index contributed by atoms with van der Waals surface area (Å²) in [7, 11) is 0. The topological polar surface area (TPSA) is 51.2 Å². The molecule has 21 heavy (non-hydrogen) atoms. The Bertz CT molecular complexity index is 645. The number of anilines is 1. The van der Waals surface area contributed by atoms with Crippen molar-refractivity contribution in [2.24, 2.45) is 0 Å². The number of halogens is 2. The van der Waals surface area contributed by atoms with E-state index < -0.39 is 6.10 Å². The minimum Gasteiger partial charge on any atom is -0.479 e. The molecule has 1 aromatic heterocycles. The molecule has 2 rings (SSSR count). The van der Waals surface area contributed by atoms with Crippen LogP contribution in [-0.2, 0) is 4.79 Å². The average molecular weight is 325 g/mol. The largest absolute Gasteiger partial charge is 0.479 e. The van der Waals surface area contributed by atoms with E-state index in [0.717, 1.165) is 5.56 Å². The molecule has 0 radical (unpaired) electrons. The summed E-state index contributed by atoms with van der Waals surface area (Å²) in [6.45, 7) is 3.55. The molecule has 2 aromatic rings. The molecule has 0 saturated carbocycles. The molecular formula is C15H14Cl2N2O2. The molecule has 1 heterocycles. The van der Waals surface area contributed by atoms with Crippen LogP contribution >= 0.6 is 23.2 Å². The summed E-state index contributed by atoms with van der Waals surface area (Å²) in [5, 5.41) is 3.33. The molecule has 0 bridgehead atoms. The third-order valence-electron chi connectivity index (χ3n) is 2.75. The molecule has 4 nitrogen and oxygen atoms in total. The predicted molar refractivity (Wildman–Crippen MR) is 84.2 cm³/mol. The molecule has 0 saturated heterocycles. The summed E-state index contributed by atoms with van der Waals surface area (Å²) in [6.07, 6.45) is 0.943. The minimum absolute atomic E-state index is 0.285. The van der Waals surface area contributed by atoms with Gasteiger partial charge >= 0.3 is 0 Å². The Morgan fingerprint density at radius 2 is 2.05 bits per heavy atom. The third kappa shape index (κ3) is 4.09. The fourth-order valence-corrected chi connectivity index (χ4v) is 1.93. The maximum absolute atomic E-state index is 12.0. The molecule has 1 N–H and O–H groups in total. The van der Waals surface area contributed by atoms with Crippen LogP contribution in [0.4, 0.5) is 5.82 Å². The number of aryl methyl sites for hydroxylation is 1. The lowest BCUT2D eigenvalue weighted by Crippen LogP contribution is -2.30. The van der Waals surface area contributed by atoms with Crippen molar-refractivity contribution in [3.05, 3.63) is 52.1 Å².